The second-order valence-corrected chi connectivity index (χ2v) is 7.33. The van der Waals surface area contributed by atoms with Crippen molar-refractivity contribution in [2.24, 2.45) is 0 Å². The highest BCUT2D eigenvalue weighted by Gasteiger charge is 2.11. The van der Waals surface area contributed by atoms with Gasteiger partial charge in [0.1, 0.15) is 5.75 Å². The topological polar surface area (TPSA) is 64.1 Å². The molecule has 124 valence electrons. The Labute approximate surface area is 155 Å². The summed E-state index contributed by atoms with van der Waals surface area (Å²) in [7, 11) is 0. The minimum Gasteiger partial charge on any atom is -0.431 e. The van der Waals surface area contributed by atoms with Gasteiger partial charge in [0.05, 0.1) is 10.2 Å². The molecule has 8 heteroatoms. The second-order valence-electron chi connectivity index (χ2n) is 5.01. The standard InChI is InChI=1S/C17H10ClN3O2S2/c18-11-3-6-13-14(9-11)25-16(20-13)21-15(22)10-1-4-12(5-2-10)23-17-19-7-8-24-17/h1-9H,(H,20,21,22). The fraction of sp³-hybridized carbons (Fsp3) is 0. The summed E-state index contributed by atoms with van der Waals surface area (Å²) in [5, 5.41) is 6.38. The molecule has 0 spiro atoms. The molecule has 2 aromatic heterocycles. The van der Waals surface area contributed by atoms with Gasteiger partial charge >= 0.3 is 0 Å². The van der Waals surface area contributed by atoms with Crippen LogP contribution in [0, 0.1) is 0 Å². The van der Waals surface area contributed by atoms with Crippen molar-refractivity contribution >= 4 is 55.5 Å². The summed E-state index contributed by atoms with van der Waals surface area (Å²) in [5.74, 6) is 0.395. The van der Waals surface area contributed by atoms with Gasteiger partial charge < -0.3 is 4.74 Å². The Bertz CT molecular complexity index is 1030. The van der Waals surface area contributed by atoms with Gasteiger partial charge in [-0.1, -0.05) is 34.3 Å². The number of thiazole rings is 2. The summed E-state index contributed by atoms with van der Waals surface area (Å²) in [6.07, 6.45) is 1.67. The van der Waals surface area contributed by atoms with Crippen LogP contribution in [0.4, 0.5) is 5.13 Å². The smallest absolute Gasteiger partial charge is 0.278 e. The molecule has 25 heavy (non-hydrogen) atoms. The molecule has 4 rings (SSSR count). The summed E-state index contributed by atoms with van der Waals surface area (Å²) in [4.78, 5) is 20.8. The van der Waals surface area contributed by atoms with E-state index in [0.717, 1.165) is 10.2 Å². The second kappa shape index (κ2) is 6.79. The number of benzene rings is 2. The van der Waals surface area contributed by atoms with Crippen molar-refractivity contribution in [3.05, 3.63) is 64.6 Å². The molecule has 1 amide bonds. The number of amides is 1. The zero-order valence-electron chi connectivity index (χ0n) is 12.6. The Morgan fingerprint density at radius 3 is 2.76 bits per heavy atom. The minimum atomic E-state index is -0.231. The Hall–Kier alpha value is -2.48. The number of nitrogens with one attached hydrogen (secondary N) is 1. The van der Waals surface area contributed by atoms with E-state index in [0.29, 0.717) is 26.7 Å². The van der Waals surface area contributed by atoms with Crippen LogP contribution >= 0.6 is 34.3 Å². The van der Waals surface area contributed by atoms with E-state index in [-0.39, 0.29) is 5.91 Å². The molecule has 2 heterocycles. The van der Waals surface area contributed by atoms with Gasteiger partial charge in [0.2, 0.25) is 0 Å². The average Bonchev–Trinajstić information content (AvgIpc) is 3.24. The van der Waals surface area contributed by atoms with E-state index in [1.54, 1.807) is 36.5 Å². The van der Waals surface area contributed by atoms with E-state index in [9.17, 15) is 4.79 Å². The first-order valence-electron chi connectivity index (χ1n) is 7.22. The fourth-order valence-electron chi connectivity index (χ4n) is 2.16. The Morgan fingerprint density at radius 1 is 1.16 bits per heavy atom. The number of nitrogens with zero attached hydrogens (tertiary/aromatic N) is 2. The lowest BCUT2D eigenvalue weighted by Crippen LogP contribution is -2.11. The molecule has 0 aliphatic carbocycles. The lowest BCUT2D eigenvalue weighted by Gasteiger charge is -2.04. The highest BCUT2D eigenvalue weighted by atomic mass is 35.5. The number of aromatic nitrogens is 2. The van der Waals surface area contributed by atoms with Crippen molar-refractivity contribution in [1.29, 1.82) is 0 Å². The van der Waals surface area contributed by atoms with E-state index < -0.39 is 0 Å². The SMILES string of the molecule is O=C(Nc1nc2ccc(Cl)cc2s1)c1ccc(Oc2nccs2)cc1. The number of carbonyl (C=O) groups is 1. The largest absolute Gasteiger partial charge is 0.431 e. The van der Waals surface area contributed by atoms with Gasteiger partial charge in [-0.15, -0.1) is 0 Å². The summed E-state index contributed by atoms with van der Waals surface area (Å²) >= 11 is 8.76. The quantitative estimate of drug-likeness (QED) is 0.505. The molecule has 0 aliphatic heterocycles. The van der Waals surface area contributed by atoms with Crippen molar-refractivity contribution in [3.63, 3.8) is 0 Å². The number of rotatable bonds is 4. The van der Waals surface area contributed by atoms with Gasteiger partial charge in [-0.25, -0.2) is 9.97 Å². The molecular formula is C17H10ClN3O2S2. The summed E-state index contributed by atoms with van der Waals surface area (Å²) in [5.41, 5.74) is 1.32. The zero-order valence-corrected chi connectivity index (χ0v) is 15.0. The lowest BCUT2D eigenvalue weighted by atomic mass is 10.2. The molecule has 4 aromatic rings. The third kappa shape index (κ3) is 3.63. The van der Waals surface area contributed by atoms with E-state index in [4.69, 9.17) is 16.3 Å². The number of fused-ring (bicyclic) bond motifs is 1. The minimum absolute atomic E-state index is 0.231. The monoisotopic (exact) mass is 387 g/mol. The molecule has 5 nitrogen and oxygen atoms in total. The normalized spacial score (nSPS) is 10.8. The van der Waals surface area contributed by atoms with Crippen LogP contribution in [0.25, 0.3) is 10.2 Å². The molecule has 0 atom stereocenters. The predicted molar refractivity (Wildman–Crippen MR) is 101 cm³/mol. The molecular weight excluding hydrogens is 378 g/mol. The molecule has 0 unspecified atom stereocenters. The van der Waals surface area contributed by atoms with E-state index in [2.05, 4.69) is 15.3 Å². The van der Waals surface area contributed by atoms with Gasteiger partial charge in [0, 0.05) is 22.2 Å². The Kier molecular flexibility index (Phi) is 4.35. The third-order valence-electron chi connectivity index (χ3n) is 3.30. The van der Waals surface area contributed by atoms with Crippen molar-refractivity contribution in [3.8, 4) is 10.9 Å². The Balaban J connectivity index is 1.48. The van der Waals surface area contributed by atoms with Gasteiger partial charge in [0.15, 0.2) is 5.13 Å². The molecule has 0 radical (unpaired) electrons. The van der Waals surface area contributed by atoms with Gasteiger partial charge in [-0.05, 0) is 42.5 Å². The molecule has 0 aliphatic rings. The maximum atomic E-state index is 12.4. The third-order valence-corrected chi connectivity index (χ3v) is 5.12. The maximum Gasteiger partial charge on any atom is 0.278 e. The molecule has 0 fully saturated rings. The molecule has 1 N–H and O–H groups in total. The number of hydrogen-bond donors (Lipinski definition) is 1. The van der Waals surface area contributed by atoms with E-state index in [1.165, 1.54) is 22.7 Å². The number of carbonyl (C=O) groups excluding carboxylic acids is 1. The first kappa shape index (κ1) is 16.0. The summed E-state index contributed by atoms with van der Waals surface area (Å²) in [6.45, 7) is 0. The highest BCUT2D eigenvalue weighted by molar-refractivity contribution is 7.22. The molecule has 2 aromatic carbocycles. The first-order chi connectivity index (χ1) is 12.2. The lowest BCUT2D eigenvalue weighted by molar-refractivity contribution is 0.102. The van der Waals surface area contributed by atoms with Crippen LogP contribution in [-0.4, -0.2) is 15.9 Å². The van der Waals surface area contributed by atoms with E-state index >= 15 is 0 Å². The van der Waals surface area contributed by atoms with Crippen LogP contribution in [0.5, 0.6) is 10.9 Å². The van der Waals surface area contributed by atoms with Crippen molar-refractivity contribution in [1.82, 2.24) is 9.97 Å². The van der Waals surface area contributed by atoms with Crippen LogP contribution in [0.3, 0.4) is 0 Å². The zero-order chi connectivity index (χ0) is 17.2. The first-order valence-corrected chi connectivity index (χ1v) is 9.30. The van der Waals surface area contributed by atoms with Gasteiger partial charge in [-0.2, -0.15) is 0 Å². The maximum absolute atomic E-state index is 12.4. The summed E-state index contributed by atoms with van der Waals surface area (Å²) < 4.78 is 6.50. The summed E-state index contributed by atoms with van der Waals surface area (Å²) in [6, 6.07) is 12.3. The number of anilines is 1. The van der Waals surface area contributed by atoms with Crippen molar-refractivity contribution in [2.75, 3.05) is 5.32 Å². The number of ether oxygens (including phenoxy) is 1. The van der Waals surface area contributed by atoms with Gasteiger partial charge in [-0.3, -0.25) is 10.1 Å². The van der Waals surface area contributed by atoms with Crippen LogP contribution in [0.15, 0.2) is 54.0 Å². The van der Waals surface area contributed by atoms with Gasteiger partial charge in [0.25, 0.3) is 11.1 Å². The van der Waals surface area contributed by atoms with Crippen LogP contribution in [-0.2, 0) is 0 Å². The molecule has 0 saturated carbocycles. The van der Waals surface area contributed by atoms with Crippen molar-refractivity contribution < 1.29 is 9.53 Å². The van der Waals surface area contributed by atoms with Crippen LogP contribution in [0.2, 0.25) is 5.02 Å². The van der Waals surface area contributed by atoms with Crippen molar-refractivity contribution in [2.45, 2.75) is 0 Å². The number of hydrogen-bond acceptors (Lipinski definition) is 6. The fourth-order valence-corrected chi connectivity index (χ4v) is 3.80. The average molecular weight is 388 g/mol. The van der Waals surface area contributed by atoms with Crippen LogP contribution in [0.1, 0.15) is 10.4 Å². The molecule has 0 bridgehead atoms. The van der Waals surface area contributed by atoms with Crippen LogP contribution < -0.4 is 10.1 Å². The number of halogens is 1. The predicted octanol–water partition coefficient (Wildman–Crippen LogP) is 5.45. The molecule has 0 saturated heterocycles. The highest BCUT2D eigenvalue weighted by Crippen LogP contribution is 2.29. The Morgan fingerprint density at radius 2 is 2.00 bits per heavy atom. The van der Waals surface area contributed by atoms with E-state index in [1.807, 2.05) is 17.5 Å².